The lowest BCUT2D eigenvalue weighted by Crippen LogP contribution is -2.42. The Labute approximate surface area is 123 Å². The van der Waals surface area contributed by atoms with Crippen molar-refractivity contribution in [2.75, 3.05) is 11.9 Å². The lowest BCUT2D eigenvalue weighted by molar-refractivity contribution is 0.187. The molecule has 0 aromatic heterocycles. The molecule has 0 heterocycles. The first-order chi connectivity index (χ1) is 9.69. The maximum atomic E-state index is 12.4. The fourth-order valence-corrected chi connectivity index (χ4v) is 2.34. The van der Waals surface area contributed by atoms with Gasteiger partial charge in [0, 0.05) is 18.3 Å². The van der Waals surface area contributed by atoms with E-state index in [1.165, 1.54) is 12.8 Å². The number of nitrogens with one attached hydrogen (secondary N) is 1. The van der Waals surface area contributed by atoms with Gasteiger partial charge in [0.25, 0.3) is 0 Å². The second-order valence-electron chi connectivity index (χ2n) is 5.33. The Hall–Kier alpha value is -1.51. The minimum atomic E-state index is 0.0215. The Morgan fingerprint density at radius 3 is 2.45 bits per heavy atom. The van der Waals surface area contributed by atoms with Gasteiger partial charge in [-0.05, 0) is 31.9 Å². The fourth-order valence-electron chi connectivity index (χ4n) is 2.34. The molecule has 0 fully saturated rings. The van der Waals surface area contributed by atoms with E-state index < -0.39 is 0 Å². The first-order valence-corrected chi connectivity index (χ1v) is 7.81. The van der Waals surface area contributed by atoms with Crippen LogP contribution < -0.4 is 5.32 Å². The van der Waals surface area contributed by atoms with Gasteiger partial charge in [-0.1, -0.05) is 51.3 Å². The Balaban J connectivity index is 2.62. The van der Waals surface area contributed by atoms with Crippen LogP contribution in [0.3, 0.4) is 0 Å². The predicted octanol–water partition coefficient (Wildman–Crippen LogP) is 4.90. The van der Waals surface area contributed by atoms with Crippen LogP contribution in [-0.2, 0) is 0 Å². The highest BCUT2D eigenvalue weighted by Crippen LogP contribution is 2.13. The van der Waals surface area contributed by atoms with E-state index in [-0.39, 0.29) is 6.03 Å². The second kappa shape index (κ2) is 9.40. The zero-order valence-corrected chi connectivity index (χ0v) is 13.1. The molecule has 1 rings (SSSR count). The van der Waals surface area contributed by atoms with Crippen LogP contribution >= 0.6 is 0 Å². The molecular weight excluding hydrogens is 248 g/mol. The van der Waals surface area contributed by atoms with Crippen LogP contribution in [0.5, 0.6) is 0 Å². The number of para-hydroxylation sites is 1. The Kier molecular flexibility index (Phi) is 7.78. The Bertz CT molecular complexity index is 378. The number of rotatable bonds is 8. The lowest BCUT2D eigenvalue weighted by Gasteiger charge is -2.29. The minimum absolute atomic E-state index is 0.0215. The number of hydrogen-bond acceptors (Lipinski definition) is 1. The monoisotopic (exact) mass is 276 g/mol. The highest BCUT2D eigenvalue weighted by molar-refractivity contribution is 5.89. The standard InChI is InChI=1S/C17H28N2O/c1-4-6-10-14-19(15(3)11-5-2)17(20)18-16-12-8-7-9-13-16/h7-9,12-13,15H,4-6,10-11,14H2,1-3H3,(H,18,20)/t15-/m0/s1. The van der Waals surface area contributed by atoms with Crippen molar-refractivity contribution in [1.29, 1.82) is 0 Å². The van der Waals surface area contributed by atoms with Crippen molar-refractivity contribution in [3.05, 3.63) is 30.3 Å². The lowest BCUT2D eigenvalue weighted by atomic mass is 10.1. The smallest absolute Gasteiger partial charge is 0.322 e. The molecule has 1 aromatic carbocycles. The van der Waals surface area contributed by atoms with Crippen molar-refractivity contribution in [1.82, 2.24) is 4.90 Å². The molecule has 1 aromatic rings. The number of unbranched alkanes of at least 4 members (excludes halogenated alkanes) is 2. The maximum absolute atomic E-state index is 12.4. The summed E-state index contributed by atoms with van der Waals surface area (Å²) >= 11 is 0. The van der Waals surface area contributed by atoms with E-state index >= 15 is 0 Å². The van der Waals surface area contributed by atoms with Gasteiger partial charge < -0.3 is 10.2 Å². The van der Waals surface area contributed by atoms with Crippen LogP contribution in [0.4, 0.5) is 10.5 Å². The summed E-state index contributed by atoms with van der Waals surface area (Å²) < 4.78 is 0. The molecule has 112 valence electrons. The van der Waals surface area contributed by atoms with Crippen molar-refractivity contribution in [2.45, 2.75) is 58.9 Å². The number of urea groups is 1. The largest absolute Gasteiger partial charge is 0.322 e. The molecule has 2 amide bonds. The molecule has 0 saturated carbocycles. The molecule has 1 atom stereocenters. The van der Waals surface area contributed by atoms with Crippen molar-refractivity contribution < 1.29 is 4.79 Å². The molecule has 1 N–H and O–H groups in total. The van der Waals surface area contributed by atoms with E-state index in [2.05, 4.69) is 26.1 Å². The van der Waals surface area contributed by atoms with Gasteiger partial charge in [-0.25, -0.2) is 4.79 Å². The summed E-state index contributed by atoms with van der Waals surface area (Å²) in [5, 5.41) is 3.00. The molecule has 0 unspecified atom stereocenters. The van der Waals surface area contributed by atoms with Crippen molar-refractivity contribution in [3.63, 3.8) is 0 Å². The molecule has 0 aliphatic carbocycles. The first-order valence-electron chi connectivity index (χ1n) is 7.81. The topological polar surface area (TPSA) is 32.3 Å². The number of anilines is 1. The van der Waals surface area contributed by atoms with E-state index in [1.54, 1.807) is 0 Å². The molecule has 0 bridgehead atoms. The molecular formula is C17H28N2O. The van der Waals surface area contributed by atoms with Crippen LogP contribution in [-0.4, -0.2) is 23.5 Å². The van der Waals surface area contributed by atoms with Gasteiger partial charge >= 0.3 is 6.03 Å². The summed E-state index contributed by atoms with van der Waals surface area (Å²) in [5.74, 6) is 0. The van der Waals surface area contributed by atoms with Crippen LogP contribution in [0, 0.1) is 0 Å². The molecule has 0 spiro atoms. The number of nitrogens with zero attached hydrogens (tertiary/aromatic N) is 1. The van der Waals surface area contributed by atoms with Gasteiger partial charge in [0.15, 0.2) is 0 Å². The van der Waals surface area contributed by atoms with Crippen molar-refractivity contribution in [2.24, 2.45) is 0 Å². The third kappa shape index (κ3) is 5.64. The van der Waals surface area contributed by atoms with E-state index in [9.17, 15) is 4.79 Å². The molecule has 0 saturated heterocycles. The number of carbonyl (C=O) groups excluding carboxylic acids is 1. The molecule has 20 heavy (non-hydrogen) atoms. The third-order valence-corrected chi connectivity index (χ3v) is 3.53. The second-order valence-corrected chi connectivity index (χ2v) is 5.33. The normalized spacial score (nSPS) is 11.9. The third-order valence-electron chi connectivity index (χ3n) is 3.53. The predicted molar refractivity (Wildman–Crippen MR) is 86.1 cm³/mol. The van der Waals surface area contributed by atoms with Crippen molar-refractivity contribution >= 4 is 11.7 Å². The Morgan fingerprint density at radius 1 is 1.15 bits per heavy atom. The Morgan fingerprint density at radius 2 is 1.85 bits per heavy atom. The molecule has 0 radical (unpaired) electrons. The maximum Gasteiger partial charge on any atom is 0.322 e. The molecule has 0 aliphatic rings. The fraction of sp³-hybridized carbons (Fsp3) is 0.588. The van der Waals surface area contributed by atoms with Gasteiger partial charge in [-0.2, -0.15) is 0 Å². The highest BCUT2D eigenvalue weighted by Gasteiger charge is 2.18. The first kappa shape index (κ1) is 16.5. The molecule has 3 nitrogen and oxygen atoms in total. The van der Waals surface area contributed by atoms with Gasteiger partial charge in [0.1, 0.15) is 0 Å². The summed E-state index contributed by atoms with van der Waals surface area (Å²) in [7, 11) is 0. The average molecular weight is 276 g/mol. The van der Waals surface area contributed by atoms with E-state index in [0.717, 1.165) is 31.5 Å². The van der Waals surface area contributed by atoms with Crippen LogP contribution in [0.1, 0.15) is 52.9 Å². The molecule has 3 heteroatoms. The minimum Gasteiger partial charge on any atom is -0.322 e. The average Bonchev–Trinajstić information content (AvgIpc) is 2.44. The summed E-state index contributed by atoms with van der Waals surface area (Å²) in [6, 6.07) is 9.99. The summed E-state index contributed by atoms with van der Waals surface area (Å²) in [6.45, 7) is 7.33. The van der Waals surface area contributed by atoms with E-state index in [4.69, 9.17) is 0 Å². The number of benzene rings is 1. The number of carbonyl (C=O) groups is 1. The zero-order valence-electron chi connectivity index (χ0n) is 13.1. The van der Waals surface area contributed by atoms with Gasteiger partial charge in [-0.15, -0.1) is 0 Å². The zero-order chi connectivity index (χ0) is 14.8. The summed E-state index contributed by atoms with van der Waals surface area (Å²) in [6.07, 6.45) is 5.58. The van der Waals surface area contributed by atoms with Crippen LogP contribution in [0.25, 0.3) is 0 Å². The summed E-state index contributed by atoms with van der Waals surface area (Å²) in [5.41, 5.74) is 0.863. The quantitative estimate of drug-likeness (QED) is 0.673. The van der Waals surface area contributed by atoms with Crippen LogP contribution in [0.15, 0.2) is 30.3 Å². The van der Waals surface area contributed by atoms with E-state index in [0.29, 0.717) is 6.04 Å². The SMILES string of the molecule is CCCCCN(C(=O)Nc1ccccc1)[C@@H](C)CCC. The van der Waals surface area contributed by atoms with Crippen LogP contribution in [0.2, 0.25) is 0 Å². The van der Waals surface area contributed by atoms with E-state index in [1.807, 2.05) is 35.2 Å². The highest BCUT2D eigenvalue weighted by atomic mass is 16.2. The van der Waals surface area contributed by atoms with Gasteiger partial charge in [-0.3, -0.25) is 0 Å². The van der Waals surface area contributed by atoms with Crippen molar-refractivity contribution in [3.8, 4) is 0 Å². The van der Waals surface area contributed by atoms with Gasteiger partial charge in [0.05, 0.1) is 0 Å². The summed E-state index contributed by atoms with van der Waals surface area (Å²) in [4.78, 5) is 14.4. The molecule has 0 aliphatic heterocycles. The number of amides is 2. The number of hydrogen-bond donors (Lipinski definition) is 1. The van der Waals surface area contributed by atoms with Gasteiger partial charge in [0.2, 0.25) is 0 Å².